The Morgan fingerprint density at radius 1 is 0.971 bits per heavy atom. The molecule has 10 N–H and O–H groups in total. The number of benzene rings is 1. The van der Waals surface area contributed by atoms with Crippen LogP contribution in [0.4, 0.5) is 0 Å². The number of aromatic nitrogens is 1. The number of carbonyl (C=O) groups excluding carboxylic acids is 4. The molecule has 0 bridgehead atoms. The Morgan fingerprint density at radius 3 is 2.15 bits per heavy atom. The number of nitrogens with two attached hydrogens (primary N) is 2. The van der Waals surface area contributed by atoms with Gasteiger partial charge in [-0.1, -0.05) is 18.2 Å². The highest BCUT2D eigenvalue weighted by Gasteiger charge is 2.30. The van der Waals surface area contributed by atoms with Crippen LogP contribution in [0.3, 0.4) is 0 Å². The summed E-state index contributed by atoms with van der Waals surface area (Å²) in [6.45, 7) is 0.486. The molecule has 0 spiro atoms. The quantitative estimate of drug-likeness (QED) is 0.162. The third-order valence-electron chi connectivity index (χ3n) is 4.98. The number of H-pyrrole nitrogens is 1. The number of amides is 4. The first kappa shape index (κ1) is 26.3. The van der Waals surface area contributed by atoms with Crippen molar-refractivity contribution in [1.29, 1.82) is 0 Å². The van der Waals surface area contributed by atoms with Gasteiger partial charge in [0.2, 0.25) is 23.6 Å². The van der Waals surface area contributed by atoms with Crippen molar-refractivity contribution in [3.8, 4) is 0 Å². The molecule has 1 heterocycles. The predicted molar refractivity (Wildman–Crippen MR) is 120 cm³/mol. The highest BCUT2D eigenvalue weighted by Crippen LogP contribution is 2.19. The van der Waals surface area contributed by atoms with Gasteiger partial charge in [-0.15, -0.1) is 0 Å². The van der Waals surface area contributed by atoms with Crippen molar-refractivity contribution in [2.45, 2.75) is 43.9 Å². The topological polar surface area (TPSA) is 230 Å². The number of aliphatic carboxylic acids is 1. The standard InChI is InChI=1S/C21H28N6O7/c1-10(22)18(30)25-14(7-17(23)29)19(31)27-16(9-28)20(32)26-15(21(33)34)6-11-8-24-13-5-3-2-4-12(11)13/h2-5,8,10,14-16,24,28H,6-7,9,22H2,1H3,(H2,23,29)(H,25,30)(H,26,32)(H,27,31)(H,33,34). The minimum atomic E-state index is -1.56. The molecule has 4 unspecified atom stereocenters. The van der Waals surface area contributed by atoms with Crippen LogP contribution >= 0.6 is 0 Å². The molecule has 0 aliphatic heterocycles. The fraction of sp³-hybridized carbons (Fsp3) is 0.381. The molecule has 0 fully saturated rings. The summed E-state index contributed by atoms with van der Waals surface area (Å²) in [6.07, 6.45) is 0.988. The van der Waals surface area contributed by atoms with E-state index in [4.69, 9.17) is 11.5 Å². The third kappa shape index (κ3) is 7.02. The second-order valence-electron chi connectivity index (χ2n) is 7.73. The second kappa shape index (κ2) is 11.8. The fourth-order valence-corrected chi connectivity index (χ4v) is 3.17. The molecule has 0 saturated heterocycles. The summed E-state index contributed by atoms with van der Waals surface area (Å²) in [4.78, 5) is 63.1. The van der Waals surface area contributed by atoms with Gasteiger partial charge in [-0.25, -0.2) is 4.79 Å². The van der Waals surface area contributed by atoms with Crippen molar-refractivity contribution >= 4 is 40.5 Å². The summed E-state index contributed by atoms with van der Waals surface area (Å²) >= 11 is 0. The van der Waals surface area contributed by atoms with Gasteiger partial charge >= 0.3 is 5.97 Å². The van der Waals surface area contributed by atoms with Gasteiger partial charge in [0, 0.05) is 23.5 Å². The Bertz CT molecular complexity index is 1070. The molecule has 4 atom stereocenters. The predicted octanol–water partition coefficient (Wildman–Crippen LogP) is -2.54. The SMILES string of the molecule is CC(N)C(=O)NC(CC(N)=O)C(=O)NC(CO)C(=O)NC(Cc1c[nH]c2ccccc12)C(=O)O. The molecule has 2 rings (SSSR count). The maximum atomic E-state index is 12.6. The van der Waals surface area contributed by atoms with Crippen LogP contribution in [0.15, 0.2) is 30.5 Å². The summed E-state index contributed by atoms with van der Waals surface area (Å²) in [7, 11) is 0. The van der Waals surface area contributed by atoms with Crippen molar-refractivity contribution in [2.24, 2.45) is 11.5 Å². The second-order valence-corrected chi connectivity index (χ2v) is 7.73. The first-order chi connectivity index (χ1) is 16.0. The zero-order valence-electron chi connectivity index (χ0n) is 18.4. The fourth-order valence-electron chi connectivity index (χ4n) is 3.17. The molecule has 184 valence electrons. The number of nitrogens with one attached hydrogen (secondary N) is 4. The van der Waals surface area contributed by atoms with E-state index in [1.54, 1.807) is 18.3 Å². The van der Waals surface area contributed by atoms with Gasteiger partial charge < -0.3 is 42.6 Å². The van der Waals surface area contributed by atoms with Crippen LogP contribution in [0.1, 0.15) is 18.9 Å². The van der Waals surface area contributed by atoms with Crippen LogP contribution in [0.2, 0.25) is 0 Å². The van der Waals surface area contributed by atoms with Gasteiger partial charge in [-0.2, -0.15) is 0 Å². The monoisotopic (exact) mass is 476 g/mol. The average molecular weight is 476 g/mol. The third-order valence-corrected chi connectivity index (χ3v) is 4.98. The van der Waals surface area contributed by atoms with Crippen molar-refractivity contribution in [3.63, 3.8) is 0 Å². The van der Waals surface area contributed by atoms with E-state index in [0.717, 1.165) is 10.9 Å². The number of aliphatic hydroxyl groups excluding tert-OH is 1. The molecule has 0 aliphatic carbocycles. The lowest BCUT2D eigenvalue weighted by molar-refractivity contribution is -0.142. The average Bonchev–Trinajstić information content (AvgIpc) is 3.18. The van der Waals surface area contributed by atoms with E-state index in [1.165, 1.54) is 6.92 Å². The number of aromatic amines is 1. The van der Waals surface area contributed by atoms with Gasteiger partial charge in [0.1, 0.15) is 18.1 Å². The summed E-state index contributed by atoms with van der Waals surface area (Å²) < 4.78 is 0. The Hall–Kier alpha value is -3.97. The van der Waals surface area contributed by atoms with E-state index in [0.29, 0.717) is 5.56 Å². The maximum absolute atomic E-state index is 12.6. The van der Waals surface area contributed by atoms with Gasteiger partial charge in [0.25, 0.3) is 0 Å². The number of hydrogen-bond donors (Lipinski definition) is 8. The van der Waals surface area contributed by atoms with Gasteiger partial charge in [0.15, 0.2) is 0 Å². The lowest BCUT2D eigenvalue weighted by atomic mass is 10.0. The van der Waals surface area contributed by atoms with E-state index >= 15 is 0 Å². The van der Waals surface area contributed by atoms with Crippen LogP contribution in [0, 0.1) is 0 Å². The Morgan fingerprint density at radius 2 is 1.56 bits per heavy atom. The van der Waals surface area contributed by atoms with Crippen LogP contribution in [0.5, 0.6) is 0 Å². The molecule has 2 aromatic rings. The van der Waals surface area contributed by atoms with Crippen LogP contribution in [-0.4, -0.2) is 75.6 Å². The molecule has 0 radical (unpaired) electrons. The van der Waals surface area contributed by atoms with Crippen LogP contribution < -0.4 is 27.4 Å². The van der Waals surface area contributed by atoms with Crippen molar-refractivity contribution in [3.05, 3.63) is 36.0 Å². The van der Waals surface area contributed by atoms with E-state index in [1.807, 2.05) is 12.1 Å². The molecule has 13 heteroatoms. The zero-order valence-corrected chi connectivity index (χ0v) is 18.4. The largest absolute Gasteiger partial charge is 0.480 e. The summed E-state index contributed by atoms with van der Waals surface area (Å²) in [5, 5.41) is 26.7. The number of carboxylic acids is 1. The number of carboxylic acid groups (broad SMARTS) is 1. The molecule has 1 aromatic heterocycles. The Labute approximate surface area is 194 Å². The minimum absolute atomic E-state index is 0.0636. The Kier molecular flexibility index (Phi) is 9.10. The van der Waals surface area contributed by atoms with E-state index in [9.17, 15) is 34.2 Å². The molecule has 0 aliphatic rings. The van der Waals surface area contributed by atoms with Crippen molar-refractivity contribution < 1.29 is 34.2 Å². The minimum Gasteiger partial charge on any atom is -0.480 e. The number of primary amides is 1. The Balaban J connectivity index is 2.10. The number of aliphatic hydroxyl groups is 1. The van der Waals surface area contributed by atoms with E-state index in [-0.39, 0.29) is 6.42 Å². The maximum Gasteiger partial charge on any atom is 0.326 e. The van der Waals surface area contributed by atoms with Gasteiger partial charge in [-0.3, -0.25) is 19.2 Å². The molecule has 1 aromatic carbocycles. The summed E-state index contributed by atoms with van der Waals surface area (Å²) in [6, 6.07) is 1.87. The zero-order chi connectivity index (χ0) is 25.4. The summed E-state index contributed by atoms with van der Waals surface area (Å²) in [5.74, 6) is -4.92. The normalized spacial score (nSPS) is 14.4. The number of para-hydroxylation sites is 1. The number of hydrogen-bond acceptors (Lipinski definition) is 7. The molecular weight excluding hydrogens is 448 g/mol. The lowest BCUT2D eigenvalue weighted by Crippen LogP contribution is -2.58. The molecule has 34 heavy (non-hydrogen) atoms. The number of carbonyl (C=O) groups is 5. The smallest absolute Gasteiger partial charge is 0.326 e. The van der Waals surface area contributed by atoms with Crippen molar-refractivity contribution in [1.82, 2.24) is 20.9 Å². The number of rotatable bonds is 12. The summed E-state index contributed by atoms with van der Waals surface area (Å²) in [5.41, 5.74) is 12.0. The first-order valence-corrected chi connectivity index (χ1v) is 10.4. The number of fused-ring (bicyclic) bond motifs is 1. The van der Waals surface area contributed by atoms with Crippen molar-refractivity contribution in [2.75, 3.05) is 6.61 Å². The first-order valence-electron chi connectivity index (χ1n) is 10.4. The van der Waals surface area contributed by atoms with Crippen LogP contribution in [-0.2, 0) is 30.4 Å². The molecule has 13 nitrogen and oxygen atoms in total. The highest BCUT2D eigenvalue weighted by molar-refractivity contribution is 5.96. The van der Waals surface area contributed by atoms with E-state index < -0.39 is 66.8 Å². The lowest BCUT2D eigenvalue weighted by Gasteiger charge is -2.23. The van der Waals surface area contributed by atoms with Gasteiger partial charge in [0.05, 0.1) is 19.1 Å². The highest BCUT2D eigenvalue weighted by atomic mass is 16.4. The van der Waals surface area contributed by atoms with E-state index in [2.05, 4.69) is 20.9 Å². The molecule has 0 saturated carbocycles. The van der Waals surface area contributed by atoms with Gasteiger partial charge in [-0.05, 0) is 18.6 Å². The molecule has 4 amide bonds. The molecular formula is C21H28N6O7. The van der Waals surface area contributed by atoms with Crippen LogP contribution in [0.25, 0.3) is 10.9 Å².